The maximum atomic E-state index is 12.6. The molecule has 1 saturated heterocycles. The molecular weight excluding hydrogens is 380 g/mol. The number of carbonyl (C=O) groups is 2. The quantitative estimate of drug-likeness (QED) is 0.550. The molecule has 0 radical (unpaired) electrons. The van der Waals surface area contributed by atoms with Crippen LogP contribution in [-0.4, -0.2) is 34.3 Å². The Morgan fingerprint density at radius 1 is 1.23 bits per heavy atom. The van der Waals surface area contributed by atoms with Crippen LogP contribution in [0.5, 0.6) is 0 Å². The first-order valence-corrected chi connectivity index (χ1v) is 10.8. The highest BCUT2D eigenvalue weighted by atomic mass is 16.2. The first-order valence-electron chi connectivity index (χ1n) is 10.8. The summed E-state index contributed by atoms with van der Waals surface area (Å²) >= 11 is 0. The summed E-state index contributed by atoms with van der Waals surface area (Å²) in [5, 5.41) is 16.8. The molecule has 0 bridgehead atoms. The number of benzene rings is 1. The van der Waals surface area contributed by atoms with Crippen LogP contribution in [0.25, 0.3) is 0 Å². The van der Waals surface area contributed by atoms with Gasteiger partial charge in [-0.2, -0.15) is 5.10 Å². The second-order valence-corrected chi connectivity index (χ2v) is 8.16. The van der Waals surface area contributed by atoms with Crippen LogP contribution < -0.4 is 21.3 Å². The van der Waals surface area contributed by atoms with E-state index in [1.54, 1.807) is 4.68 Å². The molecule has 2 heterocycles. The van der Waals surface area contributed by atoms with E-state index in [1.807, 2.05) is 31.2 Å². The largest absolute Gasteiger partial charge is 0.338 e. The van der Waals surface area contributed by atoms with E-state index in [1.165, 1.54) is 5.56 Å². The van der Waals surface area contributed by atoms with Gasteiger partial charge in [0.05, 0.1) is 11.6 Å². The zero-order chi connectivity index (χ0) is 20.9. The van der Waals surface area contributed by atoms with Gasteiger partial charge >= 0.3 is 6.03 Å². The number of hydrogen-bond acceptors (Lipinski definition) is 4. The summed E-state index contributed by atoms with van der Waals surface area (Å²) in [4.78, 5) is 24.9. The molecule has 8 heteroatoms. The second kappa shape index (κ2) is 9.30. The maximum Gasteiger partial charge on any atom is 0.320 e. The standard InChI is InChI=1S/C22H30N6O2/c1-15-14-19(25-22(30)23-13-7-10-16-8-3-2-4-9-16)28(27-15)21-24-18-12-6-5-11-17(18)20(29)26-21/h2-4,8-9,14,17-18,21,24H,5-7,10-13H2,1H3,(H,26,29)(H2,23,25,30). The maximum absolute atomic E-state index is 12.6. The van der Waals surface area contributed by atoms with Crippen molar-refractivity contribution in [3.05, 3.63) is 47.7 Å². The van der Waals surface area contributed by atoms with Crippen LogP contribution in [0.15, 0.2) is 36.4 Å². The van der Waals surface area contributed by atoms with Crippen molar-refractivity contribution in [2.24, 2.45) is 5.92 Å². The molecule has 3 amide bonds. The zero-order valence-electron chi connectivity index (χ0n) is 17.4. The predicted molar refractivity (Wildman–Crippen MR) is 115 cm³/mol. The summed E-state index contributed by atoms with van der Waals surface area (Å²) in [6.45, 7) is 2.45. The van der Waals surface area contributed by atoms with Crippen LogP contribution in [-0.2, 0) is 11.2 Å². The Balaban J connectivity index is 1.32. The fourth-order valence-corrected chi connectivity index (χ4v) is 4.37. The van der Waals surface area contributed by atoms with Gasteiger partial charge < -0.3 is 10.6 Å². The number of aryl methyl sites for hydroxylation is 2. The number of carbonyl (C=O) groups excluding carboxylic acids is 2. The minimum absolute atomic E-state index is 0.0241. The van der Waals surface area contributed by atoms with Crippen molar-refractivity contribution in [3.63, 3.8) is 0 Å². The number of rotatable bonds is 6. The lowest BCUT2D eigenvalue weighted by Gasteiger charge is -2.40. The summed E-state index contributed by atoms with van der Waals surface area (Å²) in [7, 11) is 0. The van der Waals surface area contributed by atoms with E-state index in [-0.39, 0.29) is 23.9 Å². The molecule has 8 nitrogen and oxygen atoms in total. The number of aromatic nitrogens is 2. The van der Waals surface area contributed by atoms with E-state index >= 15 is 0 Å². The summed E-state index contributed by atoms with van der Waals surface area (Å²) in [6.07, 6.45) is 5.45. The third kappa shape index (κ3) is 4.81. The van der Waals surface area contributed by atoms with Gasteiger partial charge in [0.1, 0.15) is 5.82 Å². The third-order valence-electron chi connectivity index (χ3n) is 5.87. The van der Waals surface area contributed by atoms with Crippen molar-refractivity contribution < 1.29 is 9.59 Å². The smallest absolute Gasteiger partial charge is 0.320 e. The molecule has 1 aromatic heterocycles. The van der Waals surface area contributed by atoms with E-state index in [0.717, 1.165) is 44.2 Å². The molecule has 3 unspecified atom stereocenters. The van der Waals surface area contributed by atoms with Crippen molar-refractivity contribution in [1.82, 2.24) is 25.7 Å². The topological polar surface area (TPSA) is 100 Å². The fraction of sp³-hybridized carbons (Fsp3) is 0.500. The number of hydrogen-bond donors (Lipinski definition) is 4. The van der Waals surface area contributed by atoms with Crippen molar-refractivity contribution in [2.75, 3.05) is 11.9 Å². The van der Waals surface area contributed by atoms with Gasteiger partial charge in [-0.15, -0.1) is 0 Å². The van der Waals surface area contributed by atoms with Gasteiger partial charge in [0.25, 0.3) is 0 Å². The molecule has 3 atom stereocenters. The third-order valence-corrected chi connectivity index (χ3v) is 5.87. The van der Waals surface area contributed by atoms with Gasteiger partial charge in [-0.1, -0.05) is 43.2 Å². The second-order valence-electron chi connectivity index (χ2n) is 8.16. The van der Waals surface area contributed by atoms with Gasteiger partial charge in [0, 0.05) is 18.7 Å². The van der Waals surface area contributed by atoms with Crippen LogP contribution >= 0.6 is 0 Å². The van der Waals surface area contributed by atoms with Gasteiger partial charge in [-0.05, 0) is 38.2 Å². The van der Waals surface area contributed by atoms with Gasteiger partial charge in [-0.25, -0.2) is 9.48 Å². The molecule has 2 aliphatic rings. The van der Waals surface area contributed by atoms with E-state index in [4.69, 9.17) is 0 Å². The number of fused-ring (bicyclic) bond motifs is 1. The highest BCUT2D eigenvalue weighted by molar-refractivity contribution is 5.88. The van der Waals surface area contributed by atoms with Crippen LogP contribution in [0.4, 0.5) is 10.6 Å². The van der Waals surface area contributed by atoms with E-state index in [9.17, 15) is 9.59 Å². The summed E-state index contributed by atoms with van der Waals surface area (Å²) in [6, 6.07) is 11.9. The zero-order valence-corrected chi connectivity index (χ0v) is 17.4. The Bertz CT molecular complexity index is 881. The molecule has 160 valence electrons. The number of nitrogens with zero attached hydrogens (tertiary/aromatic N) is 2. The number of nitrogens with one attached hydrogen (secondary N) is 4. The first kappa shape index (κ1) is 20.4. The molecule has 4 N–H and O–H groups in total. The Morgan fingerprint density at radius 2 is 2.03 bits per heavy atom. The lowest BCUT2D eigenvalue weighted by atomic mass is 9.83. The van der Waals surface area contributed by atoms with Crippen LogP contribution in [0.3, 0.4) is 0 Å². The summed E-state index contributed by atoms with van der Waals surface area (Å²) in [5.41, 5.74) is 2.03. The molecule has 2 aromatic rings. The Hall–Kier alpha value is -2.87. The molecule has 1 saturated carbocycles. The number of amides is 3. The number of urea groups is 1. The predicted octanol–water partition coefficient (Wildman–Crippen LogP) is 2.68. The van der Waals surface area contributed by atoms with Gasteiger partial charge in [0.2, 0.25) is 5.91 Å². The molecule has 4 rings (SSSR count). The monoisotopic (exact) mass is 410 g/mol. The van der Waals surface area contributed by atoms with Crippen molar-refractivity contribution in [2.45, 2.75) is 57.8 Å². The average Bonchev–Trinajstić information content (AvgIpc) is 3.12. The molecule has 1 aliphatic carbocycles. The summed E-state index contributed by atoms with van der Waals surface area (Å²) < 4.78 is 1.65. The molecule has 1 aromatic carbocycles. The molecule has 30 heavy (non-hydrogen) atoms. The Morgan fingerprint density at radius 3 is 2.87 bits per heavy atom. The Kier molecular flexibility index (Phi) is 6.32. The fourth-order valence-electron chi connectivity index (χ4n) is 4.37. The van der Waals surface area contributed by atoms with E-state index in [0.29, 0.717) is 12.4 Å². The number of anilines is 1. The lowest BCUT2D eigenvalue weighted by Crippen LogP contribution is -2.59. The SMILES string of the molecule is Cc1cc(NC(=O)NCCCc2ccccc2)n(C2NC(=O)C3CCCCC3N2)n1. The van der Waals surface area contributed by atoms with Gasteiger partial charge in [0.15, 0.2) is 6.29 Å². The van der Waals surface area contributed by atoms with Crippen molar-refractivity contribution in [3.8, 4) is 0 Å². The van der Waals surface area contributed by atoms with Crippen LogP contribution in [0.1, 0.15) is 49.7 Å². The minimum Gasteiger partial charge on any atom is -0.338 e. The minimum atomic E-state index is -0.459. The van der Waals surface area contributed by atoms with E-state index in [2.05, 4.69) is 38.5 Å². The van der Waals surface area contributed by atoms with Crippen molar-refractivity contribution >= 4 is 17.8 Å². The molecule has 0 spiro atoms. The van der Waals surface area contributed by atoms with E-state index < -0.39 is 6.29 Å². The highest BCUT2D eigenvalue weighted by Gasteiger charge is 2.38. The first-order chi connectivity index (χ1) is 14.6. The lowest BCUT2D eigenvalue weighted by molar-refractivity contribution is -0.132. The van der Waals surface area contributed by atoms with Crippen molar-refractivity contribution in [1.29, 1.82) is 0 Å². The van der Waals surface area contributed by atoms with Crippen LogP contribution in [0.2, 0.25) is 0 Å². The summed E-state index contributed by atoms with van der Waals surface area (Å²) in [5.74, 6) is 0.643. The average molecular weight is 411 g/mol. The molecule has 2 fully saturated rings. The normalized spacial score (nSPS) is 23.4. The van der Waals surface area contributed by atoms with Crippen LogP contribution in [0, 0.1) is 12.8 Å². The van der Waals surface area contributed by atoms with Gasteiger partial charge in [-0.3, -0.25) is 15.4 Å². The molecular formula is C22H30N6O2. The highest BCUT2D eigenvalue weighted by Crippen LogP contribution is 2.29. The Labute approximate surface area is 176 Å². The molecule has 1 aliphatic heterocycles.